The number of sulfonamides is 1. The van der Waals surface area contributed by atoms with E-state index in [4.69, 9.17) is 4.74 Å². The summed E-state index contributed by atoms with van der Waals surface area (Å²) in [4.78, 5) is 16.1. The van der Waals surface area contributed by atoms with Crippen LogP contribution in [0.4, 0.5) is 0 Å². The van der Waals surface area contributed by atoms with Gasteiger partial charge in [0.25, 0.3) is 10.0 Å². The van der Waals surface area contributed by atoms with Crippen molar-refractivity contribution < 1.29 is 17.9 Å². The zero-order valence-corrected chi connectivity index (χ0v) is 16.1. The van der Waals surface area contributed by atoms with Crippen LogP contribution in [0, 0.1) is 0 Å². The van der Waals surface area contributed by atoms with E-state index in [1.807, 2.05) is 24.3 Å². The van der Waals surface area contributed by atoms with Crippen LogP contribution in [0.2, 0.25) is 0 Å². The van der Waals surface area contributed by atoms with Crippen molar-refractivity contribution in [1.29, 1.82) is 0 Å². The van der Waals surface area contributed by atoms with Crippen molar-refractivity contribution in [1.82, 2.24) is 19.2 Å². The lowest BCUT2D eigenvalue weighted by Crippen LogP contribution is -2.35. The molecule has 0 spiro atoms. The molecule has 0 atom stereocenters. The summed E-state index contributed by atoms with van der Waals surface area (Å²) in [6.45, 7) is 1.45. The highest BCUT2D eigenvalue weighted by atomic mass is 32.2. The van der Waals surface area contributed by atoms with Gasteiger partial charge in [-0.15, -0.1) is 0 Å². The van der Waals surface area contributed by atoms with E-state index >= 15 is 0 Å². The number of nitrogens with zero attached hydrogens (tertiary/aromatic N) is 3. The normalized spacial score (nSPS) is 15.4. The van der Waals surface area contributed by atoms with Gasteiger partial charge in [0.1, 0.15) is 12.3 Å². The van der Waals surface area contributed by atoms with E-state index in [1.54, 1.807) is 7.11 Å². The third-order valence-electron chi connectivity index (χ3n) is 4.50. The van der Waals surface area contributed by atoms with Crippen LogP contribution in [0.25, 0.3) is 0 Å². The van der Waals surface area contributed by atoms with Gasteiger partial charge in [0.05, 0.1) is 13.4 Å². The highest BCUT2D eigenvalue weighted by molar-refractivity contribution is 7.89. The van der Waals surface area contributed by atoms with E-state index in [0.717, 1.165) is 30.6 Å². The number of methoxy groups -OCH3 is 1. The first-order chi connectivity index (χ1) is 13.0. The first-order valence-corrected chi connectivity index (χ1v) is 10.3. The molecule has 146 valence electrons. The number of amides is 1. The maximum Gasteiger partial charge on any atom is 0.262 e. The Labute approximate surface area is 159 Å². The Bertz CT molecular complexity index is 871. The van der Waals surface area contributed by atoms with Gasteiger partial charge >= 0.3 is 0 Å². The number of benzene rings is 1. The van der Waals surface area contributed by atoms with Gasteiger partial charge in [0, 0.05) is 25.8 Å². The molecule has 0 unspecified atom stereocenters. The van der Waals surface area contributed by atoms with Gasteiger partial charge in [-0.2, -0.15) is 4.31 Å². The summed E-state index contributed by atoms with van der Waals surface area (Å²) in [6.07, 6.45) is 5.58. The fourth-order valence-electron chi connectivity index (χ4n) is 2.96. The second kappa shape index (κ2) is 8.53. The van der Waals surface area contributed by atoms with Gasteiger partial charge < -0.3 is 14.6 Å². The number of nitrogens with one attached hydrogen (secondary N) is 1. The fourth-order valence-corrected chi connectivity index (χ4v) is 4.41. The minimum atomic E-state index is -3.58. The quantitative estimate of drug-likeness (QED) is 0.768. The standard InChI is InChI=1S/C18H24N4O4S/c1-26-16-7-5-15(6-8-16)11-19-17(23)12-21-13-18(20-14-21)27(24,25)22-9-3-2-4-10-22/h5-8,13-14H,2-4,9-12H2,1H3,(H,19,23). The van der Waals surface area contributed by atoms with Crippen LogP contribution < -0.4 is 10.1 Å². The lowest BCUT2D eigenvalue weighted by atomic mass is 10.2. The highest BCUT2D eigenvalue weighted by Crippen LogP contribution is 2.19. The van der Waals surface area contributed by atoms with Gasteiger partial charge in [-0.1, -0.05) is 18.6 Å². The highest BCUT2D eigenvalue weighted by Gasteiger charge is 2.28. The molecule has 1 aromatic carbocycles. The number of carbonyl (C=O) groups is 1. The molecule has 27 heavy (non-hydrogen) atoms. The van der Waals surface area contributed by atoms with Crippen molar-refractivity contribution in [2.75, 3.05) is 20.2 Å². The molecule has 0 radical (unpaired) electrons. The van der Waals surface area contributed by atoms with E-state index in [1.165, 1.54) is 21.4 Å². The van der Waals surface area contributed by atoms with Gasteiger partial charge in [-0.25, -0.2) is 13.4 Å². The first-order valence-electron chi connectivity index (χ1n) is 8.90. The van der Waals surface area contributed by atoms with E-state index in [-0.39, 0.29) is 17.5 Å². The number of aromatic nitrogens is 2. The summed E-state index contributed by atoms with van der Waals surface area (Å²) in [7, 11) is -1.98. The Balaban J connectivity index is 1.55. The number of rotatable bonds is 7. The van der Waals surface area contributed by atoms with E-state index in [2.05, 4.69) is 10.3 Å². The predicted molar refractivity (Wildman–Crippen MR) is 99.7 cm³/mol. The Morgan fingerprint density at radius 3 is 2.56 bits per heavy atom. The van der Waals surface area contributed by atoms with Crippen molar-refractivity contribution in [3.63, 3.8) is 0 Å². The minimum absolute atomic E-state index is 0.00708. The lowest BCUT2D eigenvalue weighted by molar-refractivity contribution is -0.121. The summed E-state index contributed by atoms with van der Waals surface area (Å²) in [6, 6.07) is 7.41. The average Bonchev–Trinajstić information content (AvgIpc) is 3.17. The summed E-state index contributed by atoms with van der Waals surface area (Å²) < 4.78 is 33.2. The predicted octanol–water partition coefficient (Wildman–Crippen LogP) is 1.38. The summed E-state index contributed by atoms with van der Waals surface area (Å²) in [5.74, 6) is 0.538. The monoisotopic (exact) mass is 392 g/mol. The van der Waals surface area contributed by atoms with Crippen LogP contribution in [0.1, 0.15) is 24.8 Å². The van der Waals surface area contributed by atoms with Crippen LogP contribution >= 0.6 is 0 Å². The molecule has 0 saturated carbocycles. The van der Waals surface area contributed by atoms with Crippen molar-refractivity contribution in [3.8, 4) is 5.75 Å². The van der Waals surface area contributed by atoms with E-state index in [0.29, 0.717) is 19.6 Å². The SMILES string of the molecule is COc1ccc(CNC(=O)Cn2cnc(S(=O)(=O)N3CCCCC3)c2)cc1. The molecule has 0 bridgehead atoms. The summed E-state index contributed by atoms with van der Waals surface area (Å²) in [5.41, 5.74) is 0.947. The fraction of sp³-hybridized carbons (Fsp3) is 0.444. The molecule has 1 saturated heterocycles. The van der Waals surface area contributed by atoms with Crippen LogP contribution in [0.5, 0.6) is 5.75 Å². The van der Waals surface area contributed by atoms with Crippen LogP contribution in [-0.2, 0) is 27.9 Å². The number of hydrogen-bond acceptors (Lipinski definition) is 5. The molecule has 0 aliphatic carbocycles. The number of hydrogen-bond donors (Lipinski definition) is 1. The second-order valence-corrected chi connectivity index (χ2v) is 8.36. The van der Waals surface area contributed by atoms with Gasteiger partial charge in [0.2, 0.25) is 5.91 Å². The summed E-state index contributed by atoms with van der Waals surface area (Å²) >= 11 is 0. The van der Waals surface area contributed by atoms with Gasteiger partial charge in [-0.3, -0.25) is 4.79 Å². The number of piperidine rings is 1. The van der Waals surface area contributed by atoms with Crippen molar-refractivity contribution in [2.24, 2.45) is 0 Å². The Hall–Kier alpha value is -2.39. The Morgan fingerprint density at radius 1 is 1.19 bits per heavy atom. The smallest absolute Gasteiger partial charge is 0.262 e. The molecule has 8 nitrogen and oxygen atoms in total. The first kappa shape index (κ1) is 19.4. The van der Waals surface area contributed by atoms with Crippen molar-refractivity contribution >= 4 is 15.9 Å². The van der Waals surface area contributed by atoms with Crippen LogP contribution in [-0.4, -0.2) is 48.4 Å². The molecule has 1 aliphatic heterocycles. The second-order valence-electron chi connectivity index (χ2n) is 6.47. The van der Waals surface area contributed by atoms with Crippen LogP contribution in [0.3, 0.4) is 0 Å². The molecule has 1 fully saturated rings. The maximum atomic E-state index is 12.6. The Kier molecular flexibility index (Phi) is 6.12. The topological polar surface area (TPSA) is 93.5 Å². The molecule has 2 heterocycles. The molecule has 3 rings (SSSR count). The third-order valence-corrected chi connectivity index (χ3v) is 6.29. The van der Waals surface area contributed by atoms with Crippen molar-refractivity contribution in [2.45, 2.75) is 37.4 Å². The number of ether oxygens (including phenoxy) is 1. The largest absolute Gasteiger partial charge is 0.497 e. The third kappa shape index (κ3) is 4.86. The molecule has 9 heteroatoms. The van der Waals surface area contributed by atoms with Crippen molar-refractivity contribution in [3.05, 3.63) is 42.4 Å². The molecular weight excluding hydrogens is 368 g/mol. The molecule has 1 N–H and O–H groups in total. The zero-order chi connectivity index (χ0) is 19.3. The van der Waals surface area contributed by atoms with Gasteiger partial charge in [0.15, 0.2) is 5.03 Å². The molecular formula is C18H24N4O4S. The number of carbonyl (C=O) groups excluding carboxylic acids is 1. The summed E-state index contributed by atoms with van der Waals surface area (Å²) in [5, 5.41) is 2.80. The van der Waals surface area contributed by atoms with E-state index < -0.39 is 10.0 Å². The zero-order valence-electron chi connectivity index (χ0n) is 15.3. The van der Waals surface area contributed by atoms with Gasteiger partial charge in [-0.05, 0) is 30.5 Å². The minimum Gasteiger partial charge on any atom is -0.497 e. The van der Waals surface area contributed by atoms with E-state index in [9.17, 15) is 13.2 Å². The Morgan fingerprint density at radius 2 is 1.89 bits per heavy atom. The molecule has 2 aromatic rings. The maximum absolute atomic E-state index is 12.6. The lowest BCUT2D eigenvalue weighted by Gasteiger charge is -2.24. The van der Waals surface area contributed by atoms with Crippen LogP contribution in [0.15, 0.2) is 41.8 Å². The molecule has 1 amide bonds. The molecule has 1 aliphatic rings. The molecule has 1 aromatic heterocycles. The average molecular weight is 392 g/mol. The number of imidazole rings is 1.